The maximum Gasteiger partial charge on any atom is 0.230 e. The lowest BCUT2D eigenvalue weighted by Gasteiger charge is -2.16. The van der Waals surface area contributed by atoms with E-state index in [-0.39, 0.29) is 17.7 Å². The number of rotatable bonds is 8. The third kappa shape index (κ3) is 4.35. The van der Waals surface area contributed by atoms with Gasteiger partial charge in [0.1, 0.15) is 5.76 Å². The summed E-state index contributed by atoms with van der Waals surface area (Å²) in [7, 11) is 0. The number of thioether (sulfide) groups is 1. The van der Waals surface area contributed by atoms with Crippen molar-refractivity contribution in [3.63, 3.8) is 0 Å². The molecular weight excluding hydrogens is 348 g/mol. The van der Waals surface area contributed by atoms with Gasteiger partial charge in [-0.15, -0.1) is 10.2 Å². The molecule has 2 heterocycles. The van der Waals surface area contributed by atoms with E-state index < -0.39 is 0 Å². The second kappa shape index (κ2) is 8.71. The van der Waals surface area contributed by atoms with Crippen LogP contribution in [0, 0.1) is 0 Å². The number of hydrogen-bond donors (Lipinski definition) is 1. The molecule has 0 fully saturated rings. The summed E-state index contributed by atoms with van der Waals surface area (Å²) in [4.78, 5) is 12.1. The molecule has 0 radical (unpaired) electrons. The number of carbonyl (C=O) groups is 1. The van der Waals surface area contributed by atoms with Crippen LogP contribution < -0.4 is 5.32 Å². The van der Waals surface area contributed by atoms with Crippen LogP contribution in [-0.2, 0) is 11.3 Å². The largest absolute Gasteiger partial charge is 0.467 e. The third-order valence-electron chi connectivity index (χ3n) is 4.10. The molecule has 2 aromatic heterocycles. The van der Waals surface area contributed by atoms with E-state index in [1.807, 2.05) is 36.4 Å². The minimum absolute atomic E-state index is 0.0636. The lowest BCUT2D eigenvalue weighted by molar-refractivity contribution is -0.118. The first-order chi connectivity index (χ1) is 12.7. The van der Waals surface area contributed by atoms with Crippen LogP contribution in [0.15, 0.2) is 58.3 Å². The molecule has 6 nitrogen and oxygen atoms in total. The highest BCUT2D eigenvalue weighted by molar-refractivity contribution is 7.99. The molecule has 1 aromatic carbocycles. The first-order valence-corrected chi connectivity index (χ1v) is 9.59. The van der Waals surface area contributed by atoms with Gasteiger partial charge in [-0.05, 0) is 25.5 Å². The molecule has 26 heavy (non-hydrogen) atoms. The molecule has 1 amide bonds. The van der Waals surface area contributed by atoms with Gasteiger partial charge in [0.25, 0.3) is 0 Å². The van der Waals surface area contributed by atoms with Gasteiger partial charge in [-0.1, -0.05) is 49.0 Å². The van der Waals surface area contributed by atoms with Gasteiger partial charge in [0.05, 0.1) is 18.6 Å². The van der Waals surface area contributed by atoms with Crippen molar-refractivity contribution in [2.24, 2.45) is 0 Å². The Morgan fingerprint density at radius 1 is 1.23 bits per heavy atom. The fourth-order valence-electron chi connectivity index (χ4n) is 2.52. The monoisotopic (exact) mass is 370 g/mol. The number of hydrogen-bond acceptors (Lipinski definition) is 5. The smallest absolute Gasteiger partial charge is 0.230 e. The van der Waals surface area contributed by atoms with Crippen LogP contribution in [0.1, 0.15) is 32.1 Å². The third-order valence-corrected chi connectivity index (χ3v) is 5.04. The molecule has 1 atom stereocenters. The van der Waals surface area contributed by atoms with Crippen LogP contribution in [0.5, 0.6) is 0 Å². The van der Waals surface area contributed by atoms with Gasteiger partial charge in [0, 0.05) is 11.6 Å². The van der Waals surface area contributed by atoms with Crippen molar-refractivity contribution in [1.29, 1.82) is 0 Å². The number of furan rings is 1. The van der Waals surface area contributed by atoms with Crippen LogP contribution in [0.4, 0.5) is 0 Å². The summed E-state index contributed by atoms with van der Waals surface area (Å²) in [6, 6.07) is 13.9. The van der Waals surface area contributed by atoms with Crippen molar-refractivity contribution in [2.45, 2.75) is 38.0 Å². The molecule has 7 heteroatoms. The summed E-state index contributed by atoms with van der Waals surface area (Å²) in [6.45, 7) is 4.65. The van der Waals surface area contributed by atoms with Gasteiger partial charge < -0.3 is 9.73 Å². The summed E-state index contributed by atoms with van der Waals surface area (Å²) in [6.07, 6.45) is 2.55. The number of aromatic nitrogens is 3. The molecule has 0 spiro atoms. The van der Waals surface area contributed by atoms with Gasteiger partial charge in [-0.2, -0.15) is 0 Å². The van der Waals surface area contributed by atoms with E-state index in [2.05, 4.69) is 33.9 Å². The maximum atomic E-state index is 12.1. The fraction of sp³-hybridized carbons (Fsp3) is 0.316. The summed E-state index contributed by atoms with van der Waals surface area (Å²) in [5, 5.41) is 12.3. The molecule has 3 rings (SSSR count). The minimum Gasteiger partial charge on any atom is -0.467 e. The molecule has 136 valence electrons. The lowest BCUT2D eigenvalue weighted by atomic mass is 10.2. The standard InChI is InChI=1S/C19H22N4O2S/c1-3-14(2)23-18(15-8-5-4-6-9-15)21-22-19(23)26-13-17(24)20-12-16-10-7-11-25-16/h4-11,14H,3,12-13H2,1-2H3,(H,20,24)/t14-/m1/s1. The molecule has 1 N–H and O–H groups in total. The Hall–Kier alpha value is -2.54. The number of benzene rings is 1. The Kier molecular flexibility index (Phi) is 6.12. The average molecular weight is 370 g/mol. The van der Waals surface area contributed by atoms with E-state index in [1.165, 1.54) is 11.8 Å². The summed E-state index contributed by atoms with van der Waals surface area (Å²) >= 11 is 1.40. The Balaban J connectivity index is 1.69. The van der Waals surface area contributed by atoms with Crippen LogP contribution in [0.2, 0.25) is 0 Å². The van der Waals surface area contributed by atoms with Crippen molar-refractivity contribution < 1.29 is 9.21 Å². The summed E-state index contributed by atoms with van der Waals surface area (Å²) in [5.74, 6) is 1.78. The molecule has 3 aromatic rings. The van der Waals surface area contributed by atoms with Crippen molar-refractivity contribution in [3.05, 3.63) is 54.5 Å². The zero-order chi connectivity index (χ0) is 18.4. The molecule has 0 saturated heterocycles. The van der Waals surface area contributed by atoms with Crippen LogP contribution in [-0.4, -0.2) is 26.4 Å². The van der Waals surface area contributed by atoms with Gasteiger partial charge in [-0.25, -0.2) is 0 Å². The average Bonchev–Trinajstić information content (AvgIpc) is 3.34. The summed E-state index contributed by atoms with van der Waals surface area (Å²) < 4.78 is 7.33. The quantitative estimate of drug-likeness (QED) is 0.609. The molecular formula is C19H22N4O2S. The molecule has 0 aliphatic carbocycles. The Bertz CT molecular complexity index is 831. The van der Waals surface area contributed by atoms with Gasteiger partial charge in [0.2, 0.25) is 5.91 Å². The second-order valence-corrected chi connectivity index (χ2v) is 6.89. The highest BCUT2D eigenvalue weighted by atomic mass is 32.2. The zero-order valence-corrected chi connectivity index (χ0v) is 15.7. The number of amides is 1. The van der Waals surface area contributed by atoms with Crippen molar-refractivity contribution in [1.82, 2.24) is 20.1 Å². The van der Waals surface area contributed by atoms with Gasteiger partial charge in [0.15, 0.2) is 11.0 Å². The van der Waals surface area contributed by atoms with E-state index in [0.717, 1.165) is 28.7 Å². The minimum atomic E-state index is -0.0636. The maximum absolute atomic E-state index is 12.1. The lowest BCUT2D eigenvalue weighted by Crippen LogP contribution is -2.24. The van der Waals surface area contributed by atoms with Crippen LogP contribution in [0.25, 0.3) is 11.4 Å². The normalized spacial score (nSPS) is 12.1. The van der Waals surface area contributed by atoms with Crippen LogP contribution in [0.3, 0.4) is 0 Å². The number of carbonyl (C=O) groups excluding carboxylic acids is 1. The molecule has 0 saturated carbocycles. The predicted octanol–water partition coefficient (Wildman–Crippen LogP) is 3.92. The summed E-state index contributed by atoms with van der Waals surface area (Å²) in [5.41, 5.74) is 1.02. The van der Waals surface area contributed by atoms with E-state index in [1.54, 1.807) is 12.3 Å². The Labute approximate surface area is 157 Å². The highest BCUT2D eigenvalue weighted by Gasteiger charge is 2.19. The SMILES string of the molecule is CC[C@@H](C)n1c(SCC(=O)NCc2ccco2)nnc1-c1ccccc1. The molecule has 0 aliphatic heterocycles. The first-order valence-electron chi connectivity index (χ1n) is 8.61. The van der Waals surface area contributed by atoms with Gasteiger partial charge >= 0.3 is 0 Å². The Morgan fingerprint density at radius 2 is 2.04 bits per heavy atom. The van der Waals surface area contributed by atoms with Crippen molar-refractivity contribution in [2.75, 3.05) is 5.75 Å². The molecule has 0 unspecified atom stereocenters. The van der Waals surface area contributed by atoms with E-state index in [0.29, 0.717) is 6.54 Å². The van der Waals surface area contributed by atoms with Crippen LogP contribution >= 0.6 is 11.8 Å². The van der Waals surface area contributed by atoms with E-state index in [4.69, 9.17) is 4.42 Å². The van der Waals surface area contributed by atoms with Crippen molar-refractivity contribution in [3.8, 4) is 11.4 Å². The molecule has 0 bridgehead atoms. The number of nitrogens with one attached hydrogen (secondary N) is 1. The zero-order valence-electron chi connectivity index (χ0n) is 14.9. The second-order valence-electron chi connectivity index (χ2n) is 5.94. The fourth-order valence-corrected chi connectivity index (χ4v) is 3.39. The molecule has 0 aliphatic rings. The van der Waals surface area contributed by atoms with E-state index in [9.17, 15) is 4.79 Å². The van der Waals surface area contributed by atoms with E-state index >= 15 is 0 Å². The topological polar surface area (TPSA) is 73.0 Å². The van der Waals surface area contributed by atoms with Gasteiger partial charge in [-0.3, -0.25) is 9.36 Å². The highest BCUT2D eigenvalue weighted by Crippen LogP contribution is 2.28. The van der Waals surface area contributed by atoms with Crippen molar-refractivity contribution >= 4 is 17.7 Å². The predicted molar refractivity (Wildman–Crippen MR) is 102 cm³/mol. The Morgan fingerprint density at radius 3 is 2.73 bits per heavy atom. The number of nitrogens with zero attached hydrogens (tertiary/aromatic N) is 3. The first kappa shape index (κ1) is 18.3.